The van der Waals surface area contributed by atoms with Crippen molar-refractivity contribution >= 4 is 29.7 Å². The van der Waals surface area contributed by atoms with Gasteiger partial charge in [-0.3, -0.25) is 9.59 Å². The fraction of sp³-hybridized carbons (Fsp3) is 0.400. The predicted molar refractivity (Wildman–Crippen MR) is 125 cm³/mol. The quantitative estimate of drug-likeness (QED) is 0.679. The lowest BCUT2D eigenvalue weighted by molar-refractivity contribution is -0.142. The molecule has 0 aromatic heterocycles. The smallest absolute Gasteiger partial charge is 0.407 e. The van der Waals surface area contributed by atoms with E-state index in [0.29, 0.717) is 24.9 Å². The average Bonchev–Trinajstić information content (AvgIpc) is 3.49. The molecule has 8 heteroatoms. The van der Waals surface area contributed by atoms with E-state index in [0.717, 1.165) is 33.8 Å². The number of fused-ring (bicyclic) bond motifs is 4. The second-order valence-corrected chi connectivity index (χ2v) is 10.00. The van der Waals surface area contributed by atoms with Crippen LogP contribution in [0.4, 0.5) is 4.79 Å². The summed E-state index contributed by atoms with van der Waals surface area (Å²) in [7, 11) is 0. The third-order valence-corrected chi connectivity index (χ3v) is 8.19. The van der Waals surface area contributed by atoms with Crippen molar-refractivity contribution in [1.82, 2.24) is 10.2 Å². The van der Waals surface area contributed by atoms with Crippen LogP contribution in [-0.4, -0.2) is 65.2 Å². The van der Waals surface area contributed by atoms with E-state index in [-0.39, 0.29) is 18.4 Å². The van der Waals surface area contributed by atoms with Gasteiger partial charge in [-0.25, -0.2) is 4.79 Å². The standard InChI is InChI=1S/C25H26N2O5S/c28-23(29)9-22(24(30)27-10-15-13-33-14-16(15)11-27)26-25(31)32-12-21-19-7-3-1-5-17(19)18-6-2-4-8-20(18)21/h1-8,15-16,21-22H,9-14H2,(H,26,31)(H,28,29)/t15-,16+,22?. The fourth-order valence-electron chi connectivity index (χ4n) is 5.24. The molecule has 7 nitrogen and oxygen atoms in total. The van der Waals surface area contributed by atoms with Crippen molar-refractivity contribution in [3.05, 3.63) is 59.7 Å². The molecule has 33 heavy (non-hydrogen) atoms. The zero-order chi connectivity index (χ0) is 22.9. The molecular weight excluding hydrogens is 440 g/mol. The van der Waals surface area contributed by atoms with Crippen LogP contribution in [0.2, 0.25) is 0 Å². The van der Waals surface area contributed by atoms with Gasteiger partial charge in [0, 0.05) is 19.0 Å². The summed E-state index contributed by atoms with van der Waals surface area (Å²) >= 11 is 1.90. The van der Waals surface area contributed by atoms with Crippen LogP contribution < -0.4 is 5.32 Å². The highest BCUT2D eigenvalue weighted by Crippen LogP contribution is 2.44. The Labute approximate surface area is 196 Å². The van der Waals surface area contributed by atoms with Gasteiger partial charge in [-0.1, -0.05) is 48.5 Å². The molecule has 2 N–H and O–H groups in total. The third-order valence-electron chi connectivity index (χ3n) is 6.86. The van der Waals surface area contributed by atoms with Gasteiger partial charge in [0.25, 0.3) is 0 Å². The molecule has 2 amide bonds. The van der Waals surface area contributed by atoms with Crippen molar-refractivity contribution in [3.8, 4) is 11.1 Å². The van der Waals surface area contributed by atoms with Crippen LogP contribution in [0.25, 0.3) is 11.1 Å². The van der Waals surface area contributed by atoms with Crippen LogP contribution in [0, 0.1) is 11.8 Å². The molecule has 5 rings (SSSR count). The molecule has 0 saturated carbocycles. The van der Waals surface area contributed by atoms with E-state index in [1.54, 1.807) is 4.90 Å². The minimum atomic E-state index is -1.14. The van der Waals surface area contributed by atoms with Crippen molar-refractivity contribution in [2.45, 2.75) is 18.4 Å². The van der Waals surface area contributed by atoms with Gasteiger partial charge >= 0.3 is 12.1 Å². The van der Waals surface area contributed by atoms with Crippen LogP contribution in [0.3, 0.4) is 0 Å². The molecule has 3 atom stereocenters. The lowest BCUT2D eigenvalue weighted by Crippen LogP contribution is -2.49. The first-order valence-electron chi connectivity index (χ1n) is 11.2. The monoisotopic (exact) mass is 466 g/mol. The highest BCUT2D eigenvalue weighted by atomic mass is 32.2. The van der Waals surface area contributed by atoms with Crippen LogP contribution in [0.1, 0.15) is 23.5 Å². The van der Waals surface area contributed by atoms with Gasteiger partial charge in [0.15, 0.2) is 0 Å². The first kappa shape index (κ1) is 21.8. The second-order valence-electron chi connectivity index (χ2n) is 8.92. The maximum atomic E-state index is 13.0. The maximum absolute atomic E-state index is 13.0. The van der Waals surface area contributed by atoms with Gasteiger partial charge in [0.2, 0.25) is 5.91 Å². The van der Waals surface area contributed by atoms with Gasteiger partial charge in [-0.15, -0.1) is 0 Å². The molecule has 1 unspecified atom stereocenters. The maximum Gasteiger partial charge on any atom is 0.407 e. The highest BCUT2D eigenvalue weighted by molar-refractivity contribution is 7.99. The average molecular weight is 467 g/mol. The van der Waals surface area contributed by atoms with Crippen LogP contribution in [0.5, 0.6) is 0 Å². The number of rotatable bonds is 6. The third kappa shape index (κ3) is 4.31. The number of nitrogens with zero attached hydrogens (tertiary/aromatic N) is 1. The number of ether oxygens (including phenoxy) is 1. The largest absolute Gasteiger partial charge is 0.481 e. The summed E-state index contributed by atoms with van der Waals surface area (Å²) in [6, 6.07) is 14.9. The minimum Gasteiger partial charge on any atom is -0.481 e. The zero-order valence-corrected chi connectivity index (χ0v) is 18.9. The molecule has 0 radical (unpaired) electrons. The second kappa shape index (κ2) is 9.09. The van der Waals surface area contributed by atoms with Gasteiger partial charge < -0.3 is 20.1 Å². The van der Waals surface area contributed by atoms with Crippen LogP contribution in [-0.2, 0) is 14.3 Å². The number of carboxylic acids is 1. The Morgan fingerprint density at radius 1 is 1.00 bits per heavy atom. The molecule has 0 spiro atoms. The SMILES string of the molecule is O=C(O)CC(NC(=O)OCC1c2ccccc2-c2ccccc21)C(=O)N1C[C@H]2CSC[C@H]2C1. The summed E-state index contributed by atoms with van der Waals surface area (Å²) in [5, 5.41) is 11.8. The number of nitrogens with one attached hydrogen (secondary N) is 1. The Balaban J connectivity index is 1.24. The summed E-state index contributed by atoms with van der Waals surface area (Å²) in [6.07, 6.45) is -1.24. The highest BCUT2D eigenvalue weighted by Gasteiger charge is 2.41. The molecule has 2 aliphatic heterocycles. The Morgan fingerprint density at radius 2 is 1.58 bits per heavy atom. The number of aliphatic carboxylic acids is 1. The topological polar surface area (TPSA) is 95.9 Å². The Hall–Kier alpha value is -3.00. The number of likely N-dealkylation sites (tertiary alicyclic amines) is 1. The van der Waals surface area contributed by atoms with Crippen molar-refractivity contribution in [2.24, 2.45) is 11.8 Å². The summed E-state index contributed by atoms with van der Waals surface area (Å²) in [5.74, 6) is 1.38. The minimum absolute atomic E-state index is 0.104. The van der Waals surface area contributed by atoms with Crippen molar-refractivity contribution in [1.29, 1.82) is 0 Å². The summed E-state index contributed by atoms with van der Waals surface area (Å²) < 4.78 is 5.52. The lowest BCUT2D eigenvalue weighted by Gasteiger charge is -2.24. The van der Waals surface area contributed by atoms with Gasteiger partial charge in [0.1, 0.15) is 12.6 Å². The fourth-order valence-corrected chi connectivity index (χ4v) is 6.74. The summed E-state index contributed by atoms with van der Waals surface area (Å²) in [4.78, 5) is 38.7. The van der Waals surface area contributed by atoms with Crippen LogP contribution in [0.15, 0.2) is 48.5 Å². The van der Waals surface area contributed by atoms with E-state index in [4.69, 9.17) is 4.74 Å². The molecule has 2 saturated heterocycles. The Kier molecular flexibility index (Phi) is 6.01. The number of hydrogen-bond acceptors (Lipinski definition) is 5. The molecule has 3 aliphatic rings. The van der Waals surface area contributed by atoms with Crippen molar-refractivity contribution < 1.29 is 24.2 Å². The number of benzene rings is 2. The number of thioether (sulfide) groups is 1. The molecule has 0 bridgehead atoms. The first-order chi connectivity index (χ1) is 16.0. The van der Waals surface area contributed by atoms with Gasteiger partial charge in [-0.2, -0.15) is 11.8 Å². The van der Waals surface area contributed by atoms with Crippen molar-refractivity contribution in [2.75, 3.05) is 31.2 Å². The van der Waals surface area contributed by atoms with E-state index < -0.39 is 24.5 Å². The first-order valence-corrected chi connectivity index (χ1v) is 12.4. The predicted octanol–water partition coefficient (Wildman–Crippen LogP) is 3.19. The summed E-state index contributed by atoms with van der Waals surface area (Å²) in [6.45, 7) is 1.36. The zero-order valence-electron chi connectivity index (χ0n) is 18.1. The van der Waals surface area contributed by atoms with E-state index >= 15 is 0 Å². The van der Waals surface area contributed by atoms with E-state index in [1.807, 2.05) is 48.2 Å². The van der Waals surface area contributed by atoms with E-state index in [1.165, 1.54) is 0 Å². The Morgan fingerprint density at radius 3 is 2.15 bits per heavy atom. The Bertz CT molecular complexity index is 1030. The molecule has 2 fully saturated rings. The summed E-state index contributed by atoms with van der Waals surface area (Å²) in [5.41, 5.74) is 4.43. The number of carbonyl (C=O) groups is 3. The van der Waals surface area contributed by atoms with Gasteiger partial charge in [-0.05, 0) is 45.6 Å². The molecule has 172 valence electrons. The van der Waals surface area contributed by atoms with Crippen LogP contribution >= 0.6 is 11.8 Å². The number of carboxylic acid groups (broad SMARTS) is 1. The van der Waals surface area contributed by atoms with Crippen molar-refractivity contribution in [3.63, 3.8) is 0 Å². The molecule has 2 aromatic carbocycles. The normalized spacial score (nSPS) is 21.8. The number of amides is 2. The molecule has 2 aromatic rings. The number of hydrogen-bond donors (Lipinski definition) is 2. The van der Waals surface area contributed by atoms with E-state index in [9.17, 15) is 19.5 Å². The molecule has 1 aliphatic carbocycles. The van der Waals surface area contributed by atoms with Gasteiger partial charge in [0.05, 0.1) is 6.42 Å². The van der Waals surface area contributed by atoms with E-state index in [2.05, 4.69) is 17.4 Å². The molecular formula is C25H26N2O5S. The lowest BCUT2D eigenvalue weighted by atomic mass is 9.98. The number of alkyl carbamates (subject to hydrolysis) is 1. The molecule has 2 heterocycles. The number of carbonyl (C=O) groups excluding carboxylic acids is 2.